The van der Waals surface area contributed by atoms with E-state index in [0.29, 0.717) is 0 Å². The van der Waals surface area contributed by atoms with E-state index >= 15 is 0 Å². The highest BCUT2D eigenvalue weighted by Crippen LogP contribution is 2.30. The number of aromatic amines is 1. The molecule has 2 heterocycles. The van der Waals surface area contributed by atoms with E-state index in [0.717, 1.165) is 29.8 Å². The van der Waals surface area contributed by atoms with Crippen LogP contribution in [0.4, 0.5) is 5.69 Å². The van der Waals surface area contributed by atoms with Gasteiger partial charge in [-0.3, -0.25) is 4.79 Å². The Balaban J connectivity index is 1.91. The van der Waals surface area contributed by atoms with E-state index in [-0.39, 0.29) is 18.2 Å². The number of aromatic nitrogens is 2. The molecule has 1 unspecified atom stereocenters. The second-order valence-corrected chi connectivity index (χ2v) is 5.83. The molecule has 3 rings (SSSR count). The molecule has 0 radical (unpaired) electrons. The second kappa shape index (κ2) is 6.32. The van der Waals surface area contributed by atoms with Gasteiger partial charge in [0.25, 0.3) is 5.56 Å². The van der Waals surface area contributed by atoms with Crippen LogP contribution in [0.5, 0.6) is 0 Å². The van der Waals surface area contributed by atoms with E-state index in [9.17, 15) is 9.90 Å². The number of rotatable bonds is 3. The zero-order chi connectivity index (χ0) is 15.5. The maximum absolute atomic E-state index is 11.1. The van der Waals surface area contributed by atoms with Crippen molar-refractivity contribution >= 4 is 5.69 Å². The number of hydrogen-bond acceptors (Lipinski definition) is 4. The molecule has 5 heteroatoms. The average Bonchev–Trinajstić information content (AvgIpc) is 2.55. The fourth-order valence-electron chi connectivity index (χ4n) is 3.15. The lowest BCUT2D eigenvalue weighted by Crippen LogP contribution is -2.42. The first-order valence-corrected chi connectivity index (χ1v) is 7.73. The Morgan fingerprint density at radius 2 is 2.18 bits per heavy atom. The first-order valence-electron chi connectivity index (χ1n) is 7.73. The van der Waals surface area contributed by atoms with Crippen LogP contribution in [0.1, 0.15) is 24.8 Å². The van der Waals surface area contributed by atoms with Gasteiger partial charge >= 0.3 is 0 Å². The van der Waals surface area contributed by atoms with Crippen molar-refractivity contribution in [2.75, 3.05) is 18.1 Å². The minimum atomic E-state index is -0.198. The largest absolute Gasteiger partial charge is 0.394 e. The highest BCUT2D eigenvalue weighted by Gasteiger charge is 2.23. The number of nitrogens with zero attached hydrogens (tertiary/aromatic N) is 2. The molecule has 1 aromatic carbocycles. The molecule has 2 N–H and O–H groups in total. The van der Waals surface area contributed by atoms with Crippen molar-refractivity contribution in [1.82, 2.24) is 10.2 Å². The first kappa shape index (κ1) is 14.8. The molecule has 0 aliphatic carbocycles. The van der Waals surface area contributed by atoms with Crippen molar-refractivity contribution in [3.05, 3.63) is 46.2 Å². The van der Waals surface area contributed by atoms with Gasteiger partial charge in [0.15, 0.2) is 0 Å². The molecule has 1 aromatic heterocycles. The summed E-state index contributed by atoms with van der Waals surface area (Å²) in [5.41, 5.74) is 3.87. The van der Waals surface area contributed by atoms with Crippen molar-refractivity contribution in [2.45, 2.75) is 32.2 Å². The van der Waals surface area contributed by atoms with E-state index in [1.54, 1.807) is 6.07 Å². The monoisotopic (exact) mass is 299 g/mol. The fraction of sp³-hybridized carbons (Fsp3) is 0.412. The quantitative estimate of drug-likeness (QED) is 0.910. The third-order valence-electron chi connectivity index (χ3n) is 4.32. The lowest BCUT2D eigenvalue weighted by atomic mass is 9.99. The summed E-state index contributed by atoms with van der Waals surface area (Å²) in [5, 5.41) is 16.1. The lowest BCUT2D eigenvalue weighted by Gasteiger charge is -2.37. The zero-order valence-corrected chi connectivity index (χ0v) is 12.7. The number of H-pyrrole nitrogens is 1. The Hall–Kier alpha value is -2.14. The highest BCUT2D eigenvalue weighted by molar-refractivity contribution is 5.66. The van der Waals surface area contributed by atoms with E-state index in [1.165, 1.54) is 24.6 Å². The summed E-state index contributed by atoms with van der Waals surface area (Å²) in [7, 11) is 0. The van der Waals surface area contributed by atoms with Gasteiger partial charge in [0.05, 0.1) is 18.3 Å². The van der Waals surface area contributed by atoms with Crippen LogP contribution in [0, 0.1) is 6.92 Å². The number of benzene rings is 1. The third kappa shape index (κ3) is 2.90. The molecular weight excluding hydrogens is 278 g/mol. The van der Waals surface area contributed by atoms with Crippen molar-refractivity contribution < 1.29 is 5.11 Å². The fourth-order valence-corrected chi connectivity index (χ4v) is 3.15. The van der Waals surface area contributed by atoms with Gasteiger partial charge in [-0.15, -0.1) is 0 Å². The smallest absolute Gasteiger partial charge is 0.264 e. The summed E-state index contributed by atoms with van der Waals surface area (Å²) >= 11 is 0. The maximum atomic E-state index is 11.1. The van der Waals surface area contributed by atoms with E-state index < -0.39 is 0 Å². The predicted octanol–water partition coefficient (Wildman–Crippen LogP) is 2.10. The van der Waals surface area contributed by atoms with Crippen LogP contribution in [0.2, 0.25) is 0 Å². The Kier molecular flexibility index (Phi) is 4.24. The summed E-state index contributed by atoms with van der Waals surface area (Å²) in [4.78, 5) is 13.4. The predicted molar refractivity (Wildman–Crippen MR) is 87.1 cm³/mol. The zero-order valence-electron chi connectivity index (χ0n) is 12.7. The molecule has 22 heavy (non-hydrogen) atoms. The van der Waals surface area contributed by atoms with Crippen molar-refractivity contribution in [3.8, 4) is 11.3 Å². The minimum Gasteiger partial charge on any atom is -0.394 e. The number of anilines is 1. The van der Waals surface area contributed by atoms with Gasteiger partial charge in [0.2, 0.25) is 0 Å². The van der Waals surface area contributed by atoms with Crippen LogP contribution in [-0.4, -0.2) is 34.5 Å². The molecule has 1 aliphatic heterocycles. The van der Waals surface area contributed by atoms with Gasteiger partial charge in [-0.25, -0.2) is 5.10 Å². The van der Waals surface area contributed by atoms with Crippen LogP contribution < -0.4 is 10.5 Å². The molecule has 0 bridgehead atoms. The molecular formula is C17H21N3O2. The van der Waals surface area contributed by atoms with Gasteiger partial charge in [0, 0.05) is 23.9 Å². The van der Waals surface area contributed by atoms with Crippen LogP contribution in [-0.2, 0) is 0 Å². The number of aliphatic hydroxyl groups is 1. The number of nitrogens with one attached hydrogen (secondary N) is 1. The Bertz CT molecular complexity index is 691. The van der Waals surface area contributed by atoms with Crippen LogP contribution >= 0.6 is 0 Å². The molecule has 1 aliphatic rings. The topological polar surface area (TPSA) is 69.2 Å². The van der Waals surface area contributed by atoms with Gasteiger partial charge in [-0.1, -0.05) is 6.07 Å². The van der Waals surface area contributed by atoms with Crippen LogP contribution in [0.15, 0.2) is 35.1 Å². The standard InChI is InChI=1S/C17H21N3O2/c1-12-10-13(15-6-8-17(22)19-18-15)5-7-16(12)20-9-3-2-4-14(20)11-21/h5-8,10,14,21H,2-4,9,11H2,1H3,(H,19,22). The molecule has 1 fully saturated rings. The van der Waals surface area contributed by atoms with Crippen LogP contribution in [0.25, 0.3) is 11.3 Å². The number of aliphatic hydroxyl groups excluding tert-OH is 1. The number of hydrogen-bond donors (Lipinski definition) is 2. The SMILES string of the molecule is Cc1cc(-c2ccc(=O)[nH]n2)ccc1N1CCCCC1CO. The molecule has 0 amide bonds. The molecule has 0 spiro atoms. The Labute approximate surface area is 129 Å². The summed E-state index contributed by atoms with van der Waals surface area (Å²) in [6.07, 6.45) is 3.39. The maximum Gasteiger partial charge on any atom is 0.264 e. The van der Waals surface area contributed by atoms with Gasteiger partial charge in [-0.05, 0) is 49.9 Å². The molecule has 5 nitrogen and oxygen atoms in total. The van der Waals surface area contributed by atoms with Gasteiger partial charge < -0.3 is 10.0 Å². The van der Waals surface area contributed by atoms with E-state index in [4.69, 9.17) is 0 Å². The lowest BCUT2D eigenvalue weighted by molar-refractivity contribution is 0.240. The summed E-state index contributed by atoms with van der Waals surface area (Å²) < 4.78 is 0. The Morgan fingerprint density at radius 1 is 1.32 bits per heavy atom. The molecule has 1 atom stereocenters. The molecule has 116 valence electrons. The number of piperidine rings is 1. The molecule has 2 aromatic rings. The Morgan fingerprint density at radius 3 is 2.86 bits per heavy atom. The number of aryl methyl sites for hydroxylation is 1. The third-order valence-corrected chi connectivity index (χ3v) is 4.32. The van der Waals surface area contributed by atoms with Crippen LogP contribution in [0.3, 0.4) is 0 Å². The van der Waals surface area contributed by atoms with E-state index in [2.05, 4.69) is 34.2 Å². The molecule has 1 saturated heterocycles. The van der Waals surface area contributed by atoms with Crippen molar-refractivity contribution in [3.63, 3.8) is 0 Å². The highest BCUT2D eigenvalue weighted by atomic mass is 16.3. The van der Waals surface area contributed by atoms with Gasteiger partial charge in [0.1, 0.15) is 0 Å². The first-order chi connectivity index (χ1) is 10.7. The van der Waals surface area contributed by atoms with Gasteiger partial charge in [-0.2, -0.15) is 5.10 Å². The summed E-state index contributed by atoms with van der Waals surface area (Å²) in [6, 6.07) is 9.61. The minimum absolute atomic E-state index is 0.197. The average molecular weight is 299 g/mol. The van der Waals surface area contributed by atoms with E-state index in [1.807, 2.05) is 6.07 Å². The summed E-state index contributed by atoms with van der Waals surface area (Å²) in [5.74, 6) is 0. The second-order valence-electron chi connectivity index (χ2n) is 5.83. The van der Waals surface area contributed by atoms with Crippen molar-refractivity contribution in [2.24, 2.45) is 0 Å². The van der Waals surface area contributed by atoms with Crippen molar-refractivity contribution in [1.29, 1.82) is 0 Å². The molecule has 0 saturated carbocycles. The summed E-state index contributed by atoms with van der Waals surface area (Å²) in [6.45, 7) is 3.26. The normalized spacial score (nSPS) is 18.5.